The molecule has 1 aromatic carbocycles. The predicted molar refractivity (Wildman–Crippen MR) is 64.4 cm³/mol. The fraction of sp³-hybridized carbons (Fsp3) is 0.308. The second-order valence-corrected chi connectivity index (χ2v) is 4.05. The molecule has 1 rings (SSSR count). The Bertz CT molecular complexity index is 478. The fourth-order valence-electron chi connectivity index (χ4n) is 1.72. The monoisotopic (exact) mass is 257 g/mol. The maximum atomic E-state index is 12.7. The Labute approximate surface area is 104 Å². The lowest BCUT2D eigenvalue weighted by Crippen LogP contribution is -2.14. The molecule has 0 unspecified atom stereocenters. The number of anilines is 1. The van der Waals surface area contributed by atoms with Gasteiger partial charge >= 0.3 is 6.18 Å². The van der Waals surface area contributed by atoms with Crippen molar-refractivity contribution in [3.05, 3.63) is 41.1 Å². The number of hydrogen-bond acceptors (Lipinski definition) is 2. The smallest absolute Gasteiger partial charge is 0.350 e. The Morgan fingerprint density at radius 2 is 1.94 bits per heavy atom. The average molecular weight is 257 g/mol. The molecule has 0 radical (unpaired) electrons. The molecule has 0 aliphatic heterocycles. The number of halogens is 3. The van der Waals surface area contributed by atoms with Crippen LogP contribution in [0.25, 0.3) is 0 Å². The number of benzene rings is 1. The van der Waals surface area contributed by atoms with Gasteiger partial charge in [-0.1, -0.05) is 6.07 Å². The van der Waals surface area contributed by atoms with Gasteiger partial charge in [0.25, 0.3) is 0 Å². The molecule has 0 spiro atoms. The summed E-state index contributed by atoms with van der Waals surface area (Å²) in [5, 5.41) is 0. The number of nitrogens with zero attached hydrogens (tertiary/aromatic N) is 1. The van der Waals surface area contributed by atoms with Gasteiger partial charge < -0.3 is 4.90 Å². The number of aldehydes is 1. The lowest BCUT2D eigenvalue weighted by atomic mass is 10.1. The van der Waals surface area contributed by atoms with Crippen molar-refractivity contribution in [3.63, 3.8) is 0 Å². The predicted octanol–water partition coefficient (Wildman–Crippen LogP) is 3.55. The van der Waals surface area contributed by atoms with E-state index in [0.717, 1.165) is 6.07 Å². The van der Waals surface area contributed by atoms with Crippen LogP contribution < -0.4 is 4.90 Å². The topological polar surface area (TPSA) is 20.3 Å². The standard InChI is InChI=1S/C13H14F3NO/c1-9(8-18)7-17(3)12-6-4-5-11(10(12)2)13(14,15)16/h4-8H,1-3H3/b9-7-. The van der Waals surface area contributed by atoms with Gasteiger partial charge in [0.15, 0.2) is 0 Å². The number of carbonyl (C=O) groups is 1. The van der Waals surface area contributed by atoms with Crippen LogP contribution in [0.5, 0.6) is 0 Å². The summed E-state index contributed by atoms with van der Waals surface area (Å²) in [6.45, 7) is 3.01. The molecule has 2 nitrogen and oxygen atoms in total. The Kier molecular flexibility index (Phi) is 4.16. The van der Waals surface area contributed by atoms with Gasteiger partial charge in [0.2, 0.25) is 0 Å². The van der Waals surface area contributed by atoms with Crippen molar-refractivity contribution in [1.82, 2.24) is 0 Å². The normalized spacial score (nSPS) is 12.4. The summed E-state index contributed by atoms with van der Waals surface area (Å²) in [6.07, 6.45) is -2.22. The van der Waals surface area contributed by atoms with Gasteiger partial charge in [-0.2, -0.15) is 13.2 Å². The van der Waals surface area contributed by atoms with Crippen molar-refractivity contribution in [2.45, 2.75) is 20.0 Å². The first-order valence-corrected chi connectivity index (χ1v) is 5.30. The summed E-state index contributed by atoms with van der Waals surface area (Å²) in [7, 11) is 1.61. The van der Waals surface area contributed by atoms with E-state index in [2.05, 4.69) is 0 Å². The number of carbonyl (C=O) groups excluding carboxylic acids is 1. The quantitative estimate of drug-likeness (QED) is 0.609. The van der Waals surface area contributed by atoms with Crippen LogP contribution >= 0.6 is 0 Å². The third-order valence-electron chi connectivity index (χ3n) is 2.57. The molecule has 0 amide bonds. The van der Waals surface area contributed by atoms with Crippen molar-refractivity contribution in [2.75, 3.05) is 11.9 Å². The molecular weight excluding hydrogens is 243 g/mol. The molecular formula is C13H14F3NO. The van der Waals surface area contributed by atoms with E-state index in [0.29, 0.717) is 17.5 Å². The molecule has 98 valence electrons. The summed E-state index contributed by atoms with van der Waals surface area (Å²) in [6, 6.07) is 3.98. The van der Waals surface area contributed by atoms with E-state index in [1.54, 1.807) is 20.0 Å². The van der Waals surface area contributed by atoms with E-state index in [1.165, 1.54) is 24.1 Å². The third kappa shape index (κ3) is 3.12. The van der Waals surface area contributed by atoms with E-state index >= 15 is 0 Å². The fourth-order valence-corrected chi connectivity index (χ4v) is 1.72. The zero-order chi connectivity index (χ0) is 13.9. The van der Waals surface area contributed by atoms with Crippen LogP contribution in [0, 0.1) is 6.92 Å². The molecule has 0 N–H and O–H groups in total. The van der Waals surface area contributed by atoms with Crippen LogP contribution in [0.4, 0.5) is 18.9 Å². The Morgan fingerprint density at radius 3 is 2.44 bits per heavy atom. The SMILES string of the molecule is C/C(C=O)=C/N(C)c1cccc(C(F)(F)F)c1C. The highest BCUT2D eigenvalue weighted by molar-refractivity contribution is 5.73. The molecule has 5 heteroatoms. The molecule has 1 aromatic rings. The maximum absolute atomic E-state index is 12.7. The molecule has 0 bridgehead atoms. The van der Waals surface area contributed by atoms with E-state index in [-0.39, 0.29) is 5.56 Å². The van der Waals surface area contributed by atoms with E-state index in [1.807, 2.05) is 0 Å². The number of rotatable bonds is 3. The minimum atomic E-state index is -4.37. The van der Waals surface area contributed by atoms with Gasteiger partial charge in [0, 0.05) is 24.5 Å². The number of alkyl halides is 3. The van der Waals surface area contributed by atoms with Crippen LogP contribution in [0.2, 0.25) is 0 Å². The van der Waals surface area contributed by atoms with E-state index < -0.39 is 11.7 Å². The largest absolute Gasteiger partial charge is 0.416 e. The Hall–Kier alpha value is -1.78. The van der Waals surface area contributed by atoms with Gasteiger partial charge in [-0.15, -0.1) is 0 Å². The highest BCUT2D eigenvalue weighted by Crippen LogP contribution is 2.35. The third-order valence-corrected chi connectivity index (χ3v) is 2.57. The van der Waals surface area contributed by atoms with E-state index in [9.17, 15) is 18.0 Å². The second-order valence-electron chi connectivity index (χ2n) is 4.05. The first-order chi connectivity index (χ1) is 8.27. The second kappa shape index (κ2) is 5.25. The van der Waals surface area contributed by atoms with Gasteiger partial charge in [0.1, 0.15) is 6.29 Å². The highest BCUT2D eigenvalue weighted by atomic mass is 19.4. The van der Waals surface area contributed by atoms with Crippen LogP contribution in [0.1, 0.15) is 18.1 Å². The molecule has 0 aromatic heterocycles. The minimum Gasteiger partial charge on any atom is -0.350 e. The molecule has 0 aliphatic rings. The van der Waals surface area contributed by atoms with Gasteiger partial charge in [0.05, 0.1) is 5.56 Å². The minimum absolute atomic E-state index is 0.141. The van der Waals surface area contributed by atoms with Gasteiger partial charge in [-0.25, -0.2) is 0 Å². The van der Waals surface area contributed by atoms with E-state index in [4.69, 9.17) is 0 Å². The number of hydrogen-bond donors (Lipinski definition) is 0. The molecule has 0 saturated heterocycles. The Morgan fingerprint density at radius 1 is 1.33 bits per heavy atom. The van der Waals surface area contributed by atoms with Crippen LogP contribution in [-0.2, 0) is 11.0 Å². The zero-order valence-corrected chi connectivity index (χ0v) is 10.4. The molecule has 0 saturated carbocycles. The maximum Gasteiger partial charge on any atom is 0.416 e. The summed E-state index contributed by atoms with van der Waals surface area (Å²) in [5.41, 5.74) is 0.340. The molecule has 0 fully saturated rings. The highest BCUT2D eigenvalue weighted by Gasteiger charge is 2.33. The summed E-state index contributed by atoms with van der Waals surface area (Å²) in [4.78, 5) is 12.0. The lowest BCUT2D eigenvalue weighted by molar-refractivity contribution is -0.138. The van der Waals surface area contributed by atoms with Crippen molar-refractivity contribution < 1.29 is 18.0 Å². The molecule has 18 heavy (non-hydrogen) atoms. The summed E-state index contributed by atoms with van der Waals surface area (Å²) >= 11 is 0. The first-order valence-electron chi connectivity index (χ1n) is 5.30. The van der Waals surface area contributed by atoms with Crippen LogP contribution in [-0.4, -0.2) is 13.3 Å². The van der Waals surface area contributed by atoms with Gasteiger partial charge in [-0.3, -0.25) is 4.79 Å². The van der Waals surface area contributed by atoms with Crippen molar-refractivity contribution in [1.29, 1.82) is 0 Å². The average Bonchev–Trinajstić information content (AvgIpc) is 2.27. The number of allylic oxidation sites excluding steroid dienone is 1. The van der Waals surface area contributed by atoms with Crippen molar-refractivity contribution in [2.24, 2.45) is 0 Å². The zero-order valence-electron chi connectivity index (χ0n) is 10.4. The summed E-state index contributed by atoms with van der Waals surface area (Å²) < 4.78 is 38.2. The van der Waals surface area contributed by atoms with Crippen molar-refractivity contribution in [3.8, 4) is 0 Å². The molecule has 0 aliphatic carbocycles. The lowest BCUT2D eigenvalue weighted by Gasteiger charge is -2.20. The molecule has 0 atom stereocenters. The Balaban J connectivity index is 3.23. The van der Waals surface area contributed by atoms with Gasteiger partial charge in [-0.05, 0) is 31.5 Å². The van der Waals surface area contributed by atoms with Crippen LogP contribution in [0.15, 0.2) is 30.0 Å². The van der Waals surface area contributed by atoms with Crippen molar-refractivity contribution >= 4 is 12.0 Å². The van der Waals surface area contributed by atoms with Crippen LogP contribution in [0.3, 0.4) is 0 Å². The first kappa shape index (κ1) is 14.3. The molecule has 0 heterocycles. The summed E-state index contributed by atoms with van der Waals surface area (Å²) in [5.74, 6) is 0.